The fourth-order valence-corrected chi connectivity index (χ4v) is 2.93. The predicted octanol–water partition coefficient (Wildman–Crippen LogP) is 5.36. The smallest absolute Gasteiger partial charge is 0.258 e. The van der Waals surface area contributed by atoms with Gasteiger partial charge in [-0.2, -0.15) is 14.9 Å². The number of nitro groups is 1. The molecule has 0 saturated carbocycles. The molecule has 7 nitrogen and oxygen atoms in total. The lowest BCUT2D eigenvalue weighted by Gasteiger charge is -2.18. The van der Waals surface area contributed by atoms with Crippen LogP contribution in [0.3, 0.4) is 0 Å². The molecule has 0 amide bonds. The van der Waals surface area contributed by atoms with Crippen molar-refractivity contribution in [1.82, 2.24) is 14.9 Å². The van der Waals surface area contributed by atoms with Gasteiger partial charge in [-0.1, -0.05) is 57.2 Å². The van der Waals surface area contributed by atoms with E-state index in [1.807, 2.05) is 12.1 Å². The van der Waals surface area contributed by atoms with Crippen LogP contribution in [0.5, 0.6) is 0 Å². The van der Waals surface area contributed by atoms with Crippen LogP contribution in [0.2, 0.25) is 0 Å². The van der Waals surface area contributed by atoms with E-state index in [2.05, 4.69) is 48.2 Å². The maximum absolute atomic E-state index is 11.1. The standard InChI is InChI=1S/C21H21N5O2S/c1-21(2,3)17-12-10-16(11-13-17)19-23-24-20(29)25(19)22-14-6-8-15-7-4-5-9-18(15)26(27)28/h4-14H,1-3H3,(H,24,29)/b8-6+,22-14+. The molecule has 0 aliphatic rings. The molecule has 3 rings (SSSR count). The van der Waals surface area contributed by atoms with Crippen molar-refractivity contribution in [3.05, 3.63) is 80.6 Å². The SMILES string of the molecule is CC(C)(C)c1ccc(-c2n[nH]c(=S)n2/N=C/C=C/c2ccccc2[N+](=O)[O-])cc1. The molecule has 1 aromatic heterocycles. The van der Waals surface area contributed by atoms with Gasteiger partial charge in [0.1, 0.15) is 0 Å². The highest BCUT2D eigenvalue weighted by Crippen LogP contribution is 2.25. The normalized spacial score (nSPS) is 12.1. The predicted molar refractivity (Wildman–Crippen MR) is 118 cm³/mol. The van der Waals surface area contributed by atoms with E-state index in [0.717, 1.165) is 5.56 Å². The Kier molecular flexibility index (Phi) is 5.84. The van der Waals surface area contributed by atoms with Crippen LogP contribution in [0.15, 0.2) is 59.7 Å². The second-order valence-electron chi connectivity index (χ2n) is 7.43. The third-order valence-electron chi connectivity index (χ3n) is 4.34. The van der Waals surface area contributed by atoms with Crippen molar-refractivity contribution >= 4 is 30.2 Å². The number of aromatic amines is 1. The van der Waals surface area contributed by atoms with Gasteiger partial charge in [0.05, 0.1) is 10.5 Å². The van der Waals surface area contributed by atoms with Gasteiger partial charge in [0.25, 0.3) is 5.69 Å². The summed E-state index contributed by atoms with van der Waals surface area (Å²) >= 11 is 5.27. The second-order valence-corrected chi connectivity index (χ2v) is 7.82. The molecule has 2 aromatic carbocycles. The van der Waals surface area contributed by atoms with Crippen LogP contribution in [0.1, 0.15) is 31.9 Å². The van der Waals surface area contributed by atoms with Gasteiger partial charge in [-0.25, -0.2) is 5.10 Å². The maximum Gasteiger partial charge on any atom is 0.276 e. The molecular weight excluding hydrogens is 386 g/mol. The highest BCUT2D eigenvalue weighted by Gasteiger charge is 2.14. The zero-order valence-electron chi connectivity index (χ0n) is 16.4. The first-order valence-corrected chi connectivity index (χ1v) is 9.41. The lowest BCUT2D eigenvalue weighted by molar-refractivity contribution is -0.385. The van der Waals surface area contributed by atoms with Crippen molar-refractivity contribution in [2.24, 2.45) is 5.10 Å². The molecule has 0 aliphatic heterocycles. The zero-order chi connectivity index (χ0) is 21.0. The van der Waals surface area contributed by atoms with E-state index < -0.39 is 4.92 Å². The van der Waals surface area contributed by atoms with Crippen molar-refractivity contribution in [1.29, 1.82) is 0 Å². The summed E-state index contributed by atoms with van der Waals surface area (Å²) in [5, 5.41) is 22.4. The monoisotopic (exact) mass is 407 g/mol. The number of para-hydroxylation sites is 1. The first kappa shape index (κ1) is 20.3. The minimum atomic E-state index is -0.414. The zero-order valence-corrected chi connectivity index (χ0v) is 17.2. The molecule has 0 radical (unpaired) electrons. The van der Waals surface area contributed by atoms with E-state index in [1.54, 1.807) is 30.4 Å². The van der Waals surface area contributed by atoms with Gasteiger partial charge in [0.2, 0.25) is 4.77 Å². The quantitative estimate of drug-likeness (QED) is 0.267. The summed E-state index contributed by atoms with van der Waals surface area (Å²) < 4.78 is 1.88. The van der Waals surface area contributed by atoms with Crippen LogP contribution >= 0.6 is 12.2 Å². The number of allylic oxidation sites excluding steroid dienone is 1. The number of benzene rings is 2. The Morgan fingerprint density at radius 2 is 1.86 bits per heavy atom. The summed E-state index contributed by atoms with van der Waals surface area (Å²) in [4.78, 5) is 10.7. The van der Waals surface area contributed by atoms with E-state index in [0.29, 0.717) is 16.2 Å². The third-order valence-corrected chi connectivity index (χ3v) is 4.60. The number of H-pyrrole nitrogens is 1. The molecule has 0 unspecified atom stereocenters. The average Bonchev–Trinajstić information content (AvgIpc) is 3.05. The number of hydrogen-bond acceptors (Lipinski definition) is 5. The van der Waals surface area contributed by atoms with Crippen LogP contribution in [0.4, 0.5) is 5.69 Å². The van der Waals surface area contributed by atoms with Crippen LogP contribution in [-0.4, -0.2) is 26.0 Å². The first-order chi connectivity index (χ1) is 13.8. The van der Waals surface area contributed by atoms with Crippen molar-refractivity contribution in [3.8, 4) is 11.4 Å². The third kappa shape index (κ3) is 4.72. The van der Waals surface area contributed by atoms with Crippen LogP contribution in [0.25, 0.3) is 17.5 Å². The summed E-state index contributed by atoms with van der Waals surface area (Å²) in [6.45, 7) is 6.48. The van der Waals surface area contributed by atoms with E-state index in [4.69, 9.17) is 12.2 Å². The van der Waals surface area contributed by atoms with E-state index >= 15 is 0 Å². The average molecular weight is 407 g/mol. The van der Waals surface area contributed by atoms with Gasteiger partial charge in [0.15, 0.2) is 5.82 Å². The van der Waals surface area contributed by atoms with Gasteiger partial charge in [-0.3, -0.25) is 10.1 Å². The molecule has 148 valence electrons. The fourth-order valence-electron chi connectivity index (χ4n) is 2.75. The number of nitro benzene ring substituents is 1. The largest absolute Gasteiger partial charge is 0.276 e. The van der Waals surface area contributed by atoms with Crippen LogP contribution < -0.4 is 0 Å². The Morgan fingerprint density at radius 1 is 1.17 bits per heavy atom. The molecule has 0 saturated heterocycles. The van der Waals surface area contributed by atoms with Gasteiger partial charge >= 0.3 is 0 Å². The molecule has 3 aromatic rings. The van der Waals surface area contributed by atoms with Gasteiger partial charge in [0, 0.05) is 17.8 Å². The lowest BCUT2D eigenvalue weighted by Crippen LogP contribution is -2.10. The Morgan fingerprint density at radius 3 is 2.52 bits per heavy atom. The molecule has 1 N–H and O–H groups in total. The highest BCUT2D eigenvalue weighted by atomic mass is 32.1. The van der Waals surface area contributed by atoms with Gasteiger partial charge in [-0.05, 0) is 41.4 Å². The second kappa shape index (κ2) is 8.32. The number of hydrogen-bond donors (Lipinski definition) is 1. The number of nitrogens with zero attached hydrogens (tertiary/aromatic N) is 4. The molecule has 0 aliphatic carbocycles. The minimum Gasteiger partial charge on any atom is -0.258 e. The number of nitrogens with one attached hydrogen (secondary N) is 1. The molecular formula is C21H21N5O2S. The van der Waals surface area contributed by atoms with Gasteiger partial charge in [-0.15, -0.1) is 0 Å². The summed E-state index contributed by atoms with van der Waals surface area (Å²) in [6.07, 6.45) is 4.78. The Hall–Kier alpha value is -3.39. The van der Waals surface area contributed by atoms with E-state index in [9.17, 15) is 10.1 Å². The van der Waals surface area contributed by atoms with E-state index in [1.165, 1.54) is 22.5 Å². The number of rotatable bonds is 5. The molecule has 0 bridgehead atoms. The van der Waals surface area contributed by atoms with E-state index in [-0.39, 0.29) is 11.1 Å². The molecule has 0 fully saturated rings. The first-order valence-electron chi connectivity index (χ1n) is 9.00. The van der Waals surface area contributed by atoms with Crippen molar-refractivity contribution in [3.63, 3.8) is 0 Å². The van der Waals surface area contributed by atoms with Crippen LogP contribution in [-0.2, 0) is 5.41 Å². The summed E-state index contributed by atoms with van der Waals surface area (Å²) in [6, 6.07) is 14.6. The summed E-state index contributed by atoms with van der Waals surface area (Å²) in [5.41, 5.74) is 2.70. The van der Waals surface area contributed by atoms with Crippen molar-refractivity contribution < 1.29 is 4.92 Å². The molecule has 1 heterocycles. The molecule has 0 spiro atoms. The lowest BCUT2D eigenvalue weighted by atomic mass is 9.87. The fraction of sp³-hybridized carbons (Fsp3) is 0.190. The maximum atomic E-state index is 11.1. The van der Waals surface area contributed by atoms with Crippen molar-refractivity contribution in [2.75, 3.05) is 0 Å². The van der Waals surface area contributed by atoms with Crippen LogP contribution in [0, 0.1) is 14.9 Å². The minimum absolute atomic E-state index is 0.0386. The molecule has 29 heavy (non-hydrogen) atoms. The van der Waals surface area contributed by atoms with Crippen molar-refractivity contribution in [2.45, 2.75) is 26.2 Å². The molecule has 8 heteroatoms. The Balaban J connectivity index is 1.86. The Bertz CT molecular complexity index is 1130. The van der Waals surface area contributed by atoms with Gasteiger partial charge < -0.3 is 0 Å². The number of aromatic nitrogens is 3. The highest BCUT2D eigenvalue weighted by molar-refractivity contribution is 7.71. The summed E-state index contributed by atoms with van der Waals surface area (Å²) in [5.74, 6) is 0.589. The topological polar surface area (TPSA) is 89.1 Å². The molecule has 0 atom stereocenters. The summed E-state index contributed by atoms with van der Waals surface area (Å²) in [7, 11) is 0. The Labute approximate surface area is 173 Å².